The minimum atomic E-state index is 0.292. The van der Waals surface area contributed by atoms with Crippen molar-refractivity contribution in [1.29, 1.82) is 0 Å². The normalized spacial score (nSPS) is 16.1. The molecule has 88 valence electrons. The average Bonchev–Trinajstić information content (AvgIpc) is 2.67. The third kappa shape index (κ3) is 2.98. The van der Waals surface area contributed by atoms with Gasteiger partial charge in [0.1, 0.15) is 0 Å². The fourth-order valence-corrected chi connectivity index (χ4v) is 2.54. The molecule has 0 saturated carbocycles. The van der Waals surface area contributed by atoms with Gasteiger partial charge < -0.3 is 4.90 Å². The van der Waals surface area contributed by atoms with Gasteiger partial charge >= 0.3 is 0 Å². The molecule has 1 aromatic heterocycles. The van der Waals surface area contributed by atoms with E-state index in [0.717, 1.165) is 24.2 Å². The van der Waals surface area contributed by atoms with Gasteiger partial charge in [0, 0.05) is 18.3 Å². The zero-order chi connectivity index (χ0) is 11.5. The van der Waals surface area contributed by atoms with Crippen molar-refractivity contribution < 1.29 is 0 Å². The molecule has 1 aliphatic rings. The van der Waals surface area contributed by atoms with Gasteiger partial charge in [0.25, 0.3) is 0 Å². The highest BCUT2D eigenvalue weighted by Crippen LogP contribution is 2.23. The summed E-state index contributed by atoms with van der Waals surface area (Å²) in [5.41, 5.74) is 0. The average molecular weight is 259 g/mol. The minimum absolute atomic E-state index is 0.292. The maximum Gasteiger partial charge on any atom is 0.230 e. The van der Waals surface area contributed by atoms with Crippen molar-refractivity contribution in [2.45, 2.75) is 37.1 Å². The van der Waals surface area contributed by atoms with E-state index in [4.69, 9.17) is 11.6 Å². The van der Waals surface area contributed by atoms with Gasteiger partial charge in [-0.15, -0.1) is 0 Å². The number of nitrogens with zero attached hydrogens (tertiary/aromatic N) is 4. The Labute approximate surface area is 105 Å². The van der Waals surface area contributed by atoms with Gasteiger partial charge in [-0.1, -0.05) is 25.6 Å². The summed E-state index contributed by atoms with van der Waals surface area (Å²) in [7, 11) is 0. The van der Waals surface area contributed by atoms with E-state index in [0.29, 0.717) is 10.5 Å². The molecule has 0 radical (unpaired) electrons. The molecule has 2 rings (SSSR count). The van der Waals surface area contributed by atoms with Crippen LogP contribution in [0.1, 0.15) is 26.7 Å². The van der Waals surface area contributed by atoms with Crippen LogP contribution in [0.3, 0.4) is 0 Å². The van der Waals surface area contributed by atoms with E-state index in [-0.39, 0.29) is 0 Å². The first kappa shape index (κ1) is 11.9. The second kappa shape index (κ2) is 5.19. The highest BCUT2D eigenvalue weighted by Gasteiger charge is 2.17. The van der Waals surface area contributed by atoms with Gasteiger partial charge in [-0.3, -0.25) is 0 Å². The fourth-order valence-electron chi connectivity index (χ4n) is 1.64. The van der Waals surface area contributed by atoms with Crippen molar-refractivity contribution in [1.82, 2.24) is 15.0 Å². The lowest BCUT2D eigenvalue weighted by Crippen LogP contribution is -2.21. The highest BCUT2D eigenvalue weighted by atomic mass is 35.5. The molecule has 1 aromatic rings. The lowest BCUT2D eigenvalue weighted by Gasteiger charge is -2.15. The Bertz CT molecular complexity index is 366. The van der Waals surface area contributed by atoms with Crippen molar-refractivity contribution in [2.24, 2.45) is 0 Å². The van der Waals surface area contributed by atoms with Gasteiger partial charge in [0.2, 0.25) is 11.2 Å². The predicted octanol–water partition coefficient (Wildman–Crippen LogP) is 2.63. The van der Waals surface area contributed by atoms with Crippen LogP contribution in [0.4, 0.5) is 5.95 Å². The number of anilines is 1. The fraction of sp³-hybridized carbons (Fsp3) is 0.700. The number of rotatable bonds is 3. The van der Waals surface area contributed by atoms with Crippen LogP contribution in [-0.4, -0.2) is 33.3 Å². The van der Waals surface area contributed by atoms with Crippen LogP contribution in [0, 0.1) is 0 Å². The molecular weight excluding hydrogens is 244 g/mol. The van der Waals surface area contributed by atoms with Gasteiger partial charge in [0.05, 0.1) is 0 Å². The number of halogens is 1. The van der Waals surface area contributed by atoms with Crippen molar-refractivity contribution in [3.63, 3.8) is 0 Å². The highest BCUT2D eigenvalue weighted by molar-refractivity contribution is 7.99. The third-order valence-electron chi connectivity index (χ3n) is 2.31. The van der Waals surface area contributed by atoms with Gasteiger partial charge in [-0.2, -0.15) is 15.0 Å². The maximum absolute atomic E-state index is 5.91. The van der Waals surface area contributed by atoms with Crippen molar-refractivity contribution in [3.05, 3.63) is 5.28 Å². The van der Waals surface area contributed by atoms with Crippen LogP contribution >= 0.6 is 23.4 Å². The molecule has 1 saturated heterocycles. The second-order valence-corrected chi connectivity index (χ2v) is 5.93. The Kier molecular flexibility index (Phi) is 3.86. The van der Waals surface area contributed by atoms with Crippen LogP contribution in [0.25, 0.3) is 0 Å². The van der Waals surface area contributed by atoms with E-state index in [9.17, 15) is 0 Å². The molecule has 0 bridgehead atoms. The lowest BCUT2D eigenvalue weighted by molar-refractivity contribution is 0.824. The van der Waals surface area contributed by atoms with E-state index in [2.05, 4.69) is 33.7 Å². The molecule has 1 fully saturated rings. The number of hydrogen-bond donors (Lipinski definition) is 0. The summed E-state index contributed by atoms with van der Waals surface area (Å²) in [6, 6.07) is 0. The zero-order valence-corrected chi connectivity index (χ0v) is 11.1. The molecule has 0 aromatic carbocycles. The van der Waals surface area contributed by atoms with Gasteiger partial charge in [-0.05, 0) is 24.4 Å². The maximum atomic E-state index is 5.91. The Morgan fingerprint density at radius 1 is 1.19 bits per heavy atom. The molecule has 0 N–H and O–H groups in total. The molecule has 0 unspecified atom stereocenters. The molecule has 0 atom stereocenters. The van der Waals surface area contributed by atoms with Crippen molar-refractivity contribution in [3.8, 4) is 0 Å². The Morgan fingerprint density at radius 2 is 1.88 bits per heavy atom. The summed E-state index contributed by atoms with van der Waals surface area (Å²) < 4.78 is 0. The summed E-state index contributed by atoms with van der Waals surface area (Å²) in [5, 5.41) is 1.46. The Balaban J connectivity index is 2.20. The lowest BCUT2D eigenvalue weighted by atomic mass is 10.4. The molecule has 6 heteroatoms. The molecule has 0 amide bonds. The van der Waals surface area contributed by atoms with Crippen LogP contribution in [0.15, 0.2) is 5.16 Å². The first-order chi connectivity index (χ1) is 7.65. The van der Waals surface area contributed by atoms with E-state index < -0.39 is 0 Å². The van der Waals surface area contributed by atoms with Gasteiger partial charge in [-0.25, -0.2) is 0 Å². The predicted molar refractivity (Wildman–Crippen MR) is 67.3 cm³/mol. The molecular formula is C10H15ClN4S. The first-order valence-electron chi connectivity index (χ1n) is 5.48. The summed E-state index contributed by atoms with van der Waals surface area (Å²) >= 11 is 7.52. The smallest absolute Gasteiger partial charge is 0.230 e. The Hall–Kier alpha value is -0.550. The third-order valence-corrected chi connectivity index (χ3v) is 3.34. The standard InChI is InChI=1S/C10H15ClN4S/c1-7(2)16-10-13-8(11)12-9(14-10)15-5-3-4-6-15/h7H,3-6H2,1-2H3. The van der Waals surface area contributed by atoms with Crippen LogP contribution < -0.4 is 4.90 Å². The summed E-state index contributed by atoms with van der Waals surface area (Å²) in [6.07, 6.45) is 2.41. The van der Waals surface area contributed by atoms with Crippen molar-refractivity contribution in [2.75, 3.05) is 18.0 Å². The molecule has 16 heavy (non-hydrogen) atoms. The monoisotopic (exact) mass is 258 g/mol. The molecule has 0 aliphatic carbocycles. The van der Waals surface area contributed by atoms with Gasteiger partial charge in [0.15, 0.2) is 5.16 Å². The second-order valence-electron chi connectivity index (χ2n) is 4.05. The van der Waals surface area contributed by atoms with Crippen LogP contribution in [0.5, 0.6) is 0 Å². The van der Waals surface area contributed by atoms with E-state index in [1.807, 2.05) is 0 Å². The number of aromatic nitrogens is 3. The number of thioether (sulfide) groups is 1. The summed E-state index contributed by atoms with van der Waals surface area (Å²) in [5.74, 6) is 0.723. The number of hydrogen-bond acceptors (Lipinski definition) is 5. The Morgan fingerprint density at radius 3 is 2.50 bits per heavy atom. The summed E-state index contributed by atoms with van der Waals surface area (Å²) in [6.45, 7) is 6.26. The van der Waals surface area contributed by atoms with E-state index in [1.54, 1.807) is 11.8 Å². The first-order valence-corrected chi connectivity index (χ1v) is 6.74. The molecule has 2 heterocycles. The largest absolute Gasteiger partial charge is 0.341 e. The molecule has 1 aliphatic heterocycles. The van der Waals surface area contributed by atoms with E-state index in [1.165, 1.54) is 12.8 Å². The minimum Gasteiger partial charge on any atom is -0.341 e. The SMILES string of the molecule is CC(C)Sc1nc(Cl)nc(N2CCCC2)n1. The topological polar surface area (TPSA) is 41.9 Å². The quantitative estimate of drug-likeness (QED) is 0.780. The summed E-state index contributed by atoms with van der Waals surface area (Å²) in [4.78, 5) is 14.9. The van der Waals surface area contributed by atoms with Crippen LogP contribution in [0.2, 0.25) is 5.28 Å². The van der Waals surface area contributed by atoms with Crippen molar-refractivity contribution >= 4 is 29.3 Å². The molecule has 4 nitrogen and oxygen atoms in total. The molecule has 0 spiro atoms. The van der Waals surface area contributed by atoms with Crippen LogP contribution in [-0.2, 0) is 0 Å². The zero-order valence-electron chi connectivity index (χ0n) is 9.48. The van der Waals surface area contributed by atoms with E-state index >= 15 is 0 Å².